The third kappa shape index (κ3) is 3.78. The topological polar surface area (TPSA) is 67.7 Å². The number of aromatic nitrogens is 2. The molecule has 0 atom stereocenters. The van der Waals surface area contributed by atoms with Gasteiger partial charge in [0.25, 0.3) is 5.91 Å². The summed E-state index contributed by atoms with van der Waals surface area (Å²) in [5, 5.41) is 4.07. The van der Waals surface area contributed by atoms with Crippen LogP contribution >= 0.6 is 0 Å². The molecule has 0 N–H and O–H groups in total. The van der Waals surface area contributed by atoms with Crippen LogP contribution in [0.25, 0.3) is 0 Å². The number of amides is 2. The number of rotatable bonds is 1. The lowest BCUT2D eigenvalue weighted by atomic mass is 10.2. The molecule has 2 heterocycles. The highest BCUT2D eigenvalue weighted by Crippen LogP contribution is 2.17. The van der Waals surface area contributed by atoms with E-state index in [0.717, 1.165) is 0 Å². The zero-order valence-electron chi connectivity index (χ0n) is 18.9. The van der Waals surface area contributed by atoms with E-state index in [2.05, 4.69) is 5.10 Å². The molecule has 0 saturated carbocycles. The summed E-state index contributed by atoms with van der Waals surface area (Å²) in [5.74, 6) is -1.22. The van der Waals surface area contributed by atoms with Crippen LogP contribution in [0.1, 0.15) is 51.6 Å². The minimum Gasteiger partial charge on any atom is -0.444 e. The van der Waals surface area contributed by atoms with Crippen LogP contribution in [0.15, 0.2) is 6.07 Å². The molecular formula is C15H24N4O3. The third-order valence-electron chi connectivity index (χ3n) is 3.09. The molecule has 1 aromatic rings. The molecule has 0 bridgehead atoms. The average Bonchev–Trinajstić information content (AvgIpc) is 2.74. The molecule has 7 heteroatoms. The maximum absolute atomic E-state index is 12.6. The number of hydrogen-bond acceptors (Lipinski definition) is 4. The highest BCUT2D eigenvalue weighted by Gasteiger charge is 2.26. The second-order valence-electron chi connectivity index (χ2n) is 6.14. The van der Waals surface area contributed by atoms with Crippen molar-refractivity contribution in [2.24, 2.45) is 0 Å². The summed E-state index contributed by atoms with van der Waals surface area (Å²) in [4.78, 5) is 26.2. The molecular weight excluding hydrogens is 284 g/mol. The summed E-state index contributed by atoms with van der Waals surface area (Å²) in [5.41, 5.74) is -0.471. The molecule has 0 aliphatic carbocycles. The van der Waals surface area contributed by atoms with Gasteiger partial charge in [0.1, 0.15) is 5.60 Å². The van der Waals surface area contributed by atoms with E-state index in [1.807, 2.05) is 0 Å². The Balaban J connectivity index is 2.28. The second-order valence-corrected chi connectivity index (χ2v) is 6.14. The van der Waals surface area contributed by atoms with E-state index in [1.54, 1.807) is 20.8 Å². The smallest absolute Gasteiger partial charge is 0.410 e. The zero-order chi connectivity index (χ0) is 21.5. The Morgan fingerprint density at radius 3 is 2.73 bits per heavy atom. The number of ether oxygens (including phenoxy) is 1. The summed E-state index contributed by atoms with van der Waals surface area (Å²) in [7, 11) is 0. The Morgan fingerprint density at radius 1 is 1.36 bits per heavy atom. The molecule has 0 spiro atoms. The maximum Gasteiger partial charge on any atom is 0.410 e. The Hall–Kier alpha value is -2.05. The lowest BCUT2D eigenvalue weighted by Crippen LogP contribution is -2.36. The fraction of sp³-hybridized carbons (Fsp3) is 0.667. The molecule has 2 rings (SSSR count). The lowest BCUT2D eigenvalue weighted by Gasteiger charge is -2.26. The summed E-state index contributed by atoms with van der Waals surface area (Å²) >= 11 is 0. The van der Waals surface area contributed by atoms with E-state index < -0.39 is 31.6 Å². The van der Waals surface area contributed by atoms with Crippen LogP contribution in [0, 0.1) is 0 Å². The van der Waals surface area contributed by atoms with Crippen LogP contribution in [0.4, 0.5) is 4.79 Å². The normalized spacial score (nSPS) is 20.2. The first kappa shape index (κ1) is 9.86. The van der Waals surface area contributed by atoms with Crippen molar-refractivity contribution >= 4 is 12.0 Å². The van der Waals surface area contributed by atoms with Gasteiger partial charge in [0.05, 0.1) is 12.2 Å². The third-order valence-corrected chi connectivity index (χ3v) is 3.09. The predicted octanol–water partition coefficient (Wildman–Crippen LogP) is 1.73. The van der Waals surface area contributed by atoms with Crippen molar-refractivity contribution in [3.05, 3.63) is 17.5 Å². The van der Waals surface area contributed by atoms with Crippen molar-refractivity contribution < 1.29 is 22.6 Å². The molecule has 0 saturated heterocycles. The molecule has 22 heavy (non-hydrogen) atoms. The first-order valence-electron chi connectivity index (χ1n) is 9.99. The van der Waals surface area contributed by atoms with Gasteiger partial charge in [-0.3, -0.25) is 9.48 Å². The summed E-state index contributed by atoms with van der Waals surface area (Å²) in [6.07, 6.45) is 0.0331. The standard InChI is InChI=1S/C15H24N4O3/c1-15(2,3)22-14(21)18-7-6-8-19-11(10-18)9-12(16-19)13(20)17(4)5/h9H,6-8,10H2,1-5H3/i4D3,5D3. The van der Waals surface area contributed by atoms with E-state index in [-0.39, 0.29) is 17.1 Å². The molecule has 1 aliphatic rings. The molecule has 0 radical (unpaired) electrons. The highest BCUT2D eigenvalue weighted by atomic mass is 16.6. The maximum atomic E-state index is 12.6. The first-order valence-corrected chi connectivity index (χ1v) is 6.99. The van der Waals surface area contributed by atoms with E-state index in [4.69, 9.17) is 13.0 Å². The lowest BCUT2D eigenvalue weighted by molar-refractivity contribution is 0.0236. The molecule has 0 fully saturated rings. The fourth-order valence-electron chi connectivity index (χ4n) is 2.16. The molecule has 1 aliphatic heterocycles. The molecule has 0 unspecified atom stereocenters. The van der Waals surface area contributed by atoms with Gasteiger partial charge in [-0.25, -0.2) is 4.79 Å². The van der Waals surface area contributed by atoms with Gasteiger partial charge in [-0.15, -0.1) is 0 Å². The van der Waals surface area contributed by atoms with E-state index in [9.17, 15) is 9.59 Å². The Kier molecular flexibility index (Phi) is 2.68. The van der Waals surface area contributed by atoms with Crippen molar-refractivity contribution in [2.75, 3.05) is 20.5 Å². The molecule has 7 nitrogen and oxygen atoms in total. The van der Waals surface area contributed by atoms with E-state index >= 15 is 0 Å². The van der Waals surface area contributed by atoms with Crippen molar-refractivity contribution in [2.45, 2.75) is 45.9 Å². The predicted molar refractivity (Wildman–Crippen MR) is 81.5 cm³/mol. The van der Waals surface area contributed by atoms with Gasteiger partial charge in [-0.05, 0) is 33.3 Å². The van der Waals surface area contributed by atoms with Crippen LogP contribution < -0.4 is 0 Å². The van der Waals surface area contributed by atoms with Gasteiger partial charge in [0.2, 0.25) is 0 Å². The average molecular weight is 314 g/mol. The fourth-order valence-corrected chi connectivity index (χ4v) is 2.16. The van der Waals surface area contributed by atoms with E-state index in [0.29, 0.717) is 25.2 Å². The molecule has 2 amide bonds. The van der Waals surface area contributed by atoms with Gasteiger partial charge in [-0.1, -0.05) is 0 Å². The molecule has 1 aromatic heterocycles. The van der Waals surface area contributed by atoms with Gasteiger partial charge < -0.3 is 14.5 Å². The summed E-state index contributed by atoms with van der Waals surface area (Å²) in [6.45, 7) is -0.109. The number of carbonyl (C=O) groups is 2. The van der Waals surface area contributed by atoms with Gasteiger partial charge in [0.15, 0.2) is 5.69 Å². The van der Waals surface area contributed by atoms with Crippen LogP contribution in [0.3, 0.4) is 0 Å². The molecule has 0 aromatic carbocycles. The second kappa shape index (κ2) is 5.98. The van der Waals surface area contributed by atoms with Crippen LogP contribution in [-0.2, 0) is 17.8 Å². The molecule has 122 valence electrons. The van der Waals surface area contributed by atoms with Crippen LogP contribution in [-0.4, -0.2) is 57.7 Å². The summed E-state index contributed by atoms with van der Waals surface area (Å²) in [6, 6.07) is 1.31. The quantitative estimate of drug-likeness (QED) is 0.791. The monoisotopic (exact) mass is 314 g/mol. The van der Waals surface area contributed by atoms with Gasteiger partial charge in [-0.2, -0.15) is 5.10 Å². The van der Waals surface area contributed by atoms with E-state index in [1.165, 1.54) is 15.6 Å². The number of hydrogen-bond donors (Lipinski definition) is 0. The summed E-state index contributed by atoms with van der Waals surface area (Å²) < 4.78 is 51.1. The Labute approximate surface area is 139 Å². The first-order chi connectivity index (χ1) is 12.6. The van der Waals surface area contributed by atoms with Crippen molar-refractivity contribution in [3.63, 3.8) is 0 Å². The Bertz CT molecular complexity index is 736. The van der Waals surface area contributed by atoms with Crippen molar-refractivity contribution in [3.8, 4) is 0 Å². The SMILES string of the molecule is [2H]C([2H])([2H])N(C(=O)c1cc2n(n1)CCCN(C(=O)OC(C)(C)C)C2)C([2H])([2H])[2H]. The minimum absolute atomic E-state index is 0.108. The Morgan fingerprint density at radius 2 is 2.09 bits per heavy atom. The number of carbonyl (C=O) groups excluding carboxylic acids is 2. The highest BCUT2D eigenvalue weighted by molar-refractivity contribution is 5.92. The largest absolute Gasteiger partial charge is 0.444 e. The number of aryl methyl sites for hydroxylation is 1. The number of nitrogens with zero attached hydrogens (tertiary/aromatic N) is 4. The number of fused-ring (bicyclic) bond motifs is 1. The van der Waals surface area contributed by atoms with Crippen LogP contribution in [0.2, 0.25) is 0 Å². The zero-order valence-corrected chi connectivity index (χ0v) is 12.9. The minimum atomic E-state index is -3.15. The van der Waals surface area contributed by atoms with Crippen molar-refractivity contribution in [1.29, 1.82) is 0 Å². The van der Waals surface area contributed by atoms with Crippen LogP contribution in [0.5, 0.6) is 0 Å². The van der Waals surface area contributed by atoms with Gasteiger partial charge in [0, 0.05) is 35.3 Å². The van der Waals surface area contributed by atoms with Gasteiger partial charge >= 0.3 is 6.09 Å². The van der Waals surface area contributed by atoms with Crippen molar-refractivity contribution in [1.82, 2.24) is 19.6 Å².